The van der Waals surface area contributed by atoms with Crippen LogP contribution in [0.5, 0.6) is 11.6 Å². The standard InChI is InChI=1S/C24H24F5N3O5/c1-34-20-16(35-12-14-9-22(25,26)10-14)6-5-15(30-20)21(33)32-8-7-23(19(11-32)36-13-37-23)17-3-2-4-18(31-17)24(27,28)29/h2-6,14,19H,7-13H2,1H3. The van der Waals surface area contributed by atoms with Gasteiger partial charge in [0.1, 0.15) is 29.9 Å². The van der Waals surface area contributed by atoms with Gasteiger partial charge in [-0.1, -0.05) is 6.07 Å². The molecule has 2 aliphatic heterocycles. The first-order valence-corrected chi connectivity index (χ1v) is 11.7. The minimum absolute atomic E-state index is 0.0388. The van der Waals surface area contributed by atoms with E-state index in [0.717, 1.165) is 6.07 Å². The number of nitrogens with zero attached hydrogens (tertiary/aromatic N) is 3. The molecule has 3 fully saturated rings. The molecule has 1 aliphatic carbocycles. The number of fused-ring (bicyclic) bond motifs is 1. The Labute approximate surface area is 208 Å². The summed E-state index contributed by atoms with van der Waals surface area (Å²) in [5, 5.41) is 0. The molecule has 4 heterocycles. The topological polar surface area (TPSA) is 83.0 Å². The van der Waals surface area contributed by atoms with E-state index >= 15 is 0 Å². The van der Waals surface area contributed by atoms with Crippen molar-refractivity contribution in [2.24, 2.45) is 5.92 Å². The van der Waals surface area contributed by atoms with Gasteiger partial charge in [0.05, 0.1) is 26.0 Å². The summed E-state index contributed by atoms with van der Waals surface area (Å²) < 4.78 is 88.0. The Bertz CT molecular complexity index is 1170. The largest absolute Gasteiger partial charge is 0.488 e. The first-order chi connectivity index (χ1) is 17.5. The molecular formula is C24H24F5N3O5. The lowest BCUT2D eigenvalue weighted by molar-refractivity contribution is -0.141. The molecule has 200 valence electrons. The van der Waals surface area contributed by atoms with E-state index in [9.17, 15) is 26.7 Å². The van der Waals surface area contributed by atoms with Gasteiger partial charge in [-0.05, 0) is 24.3 Å². The van der Waals surface area contributed by atoms with Crippen molar-refractivity contribution in [1.82, 2.24) is 14.9 Å². The first kappa shape index (κ1) is 25.6. The zero-order valence-corrected chi connectivity index (χ0v) is 19.8. The van der Waals surface area contributed by atoms with Crippen LogP contribution in [0, 0.1) is 5.92 Å². The number of halogens is 5. The maximum atomic E-state index is 13.2. The van der Waals surface area contributed by atoms with Gasteiger partial charge in [-0.25, -0.2) is 18.7 Å². The molecule has 2 aromatic heterocycles. The summed E-state index contributed by atoms with van der Waals surface area (Å²) in [5.41, 5.74) is -2.08. The van der Waals surface area contributed by atoms with Gasteiger partial charge in [0.2, 0.25) is 5.92 Å². The molecule has 2 saturated heterocycles. The second-order valence-electron chi connectivity index (χ2n) is 9.36. The van der Waals surface area contributed by atoms with Gasteiger partial charge in [0.15, 0.2) is 5.75 Å². The Hall–Kier alpha value is -3.06. The number of hydrogen-bond donors (Lipinski definition) is 0. The highest BCUT2D eigenvalue weighted by molar-refractivity contribution is 5.92. The van der Waals surface area contributed by atoms with Gasteiger partial charge in [0.25, 0.3) is 11.8 Å². The predicted octanol–water partition coefficient (Wildman–Crippen LogP) is 4.04. The van der Waals surface area contributed by atoms with Crippen molar-refractivity contribution in [1.29, 1.82) is 0 Å². The van der Waals surface area contributed by atoms with Crippen molar-refractivity contribution >= 4 is 5.91 Å². The molecule has 0 aromatic carbocycles. The van der Waals surface area contributed by atoms with Crippen molar-refractivity contribution in [3.63, 3.8) is 0 Å². The Kier molecular flexibility index (Phi) is 6.47. The lowest BCUT2D eigenvalue weighted by Gasteiger charge is -2.41. The predicted molar refractivity (Wildman–Crippen MR) is 116 cm³/mol. The van der Waals surface area contributed by atoms with Crippen LogP contribution in [0.25, 0.3) is 0 Å². The smallest absolute Gasteiger partial charge is 0.433 e. The number of methoxy groups -OCH3 is 1. The van der Waals surface area contributed by atoms with E-state index in [0.29, 0.717) is 0 Å². The van der Waals surface area contributed by atoms with Crippen LogP contribution in [-0.4, -0.2) is 66.4 Å². The monoisotopic (exact) mass is 529 g/mol. The molecule has 2 atom stereocenters. The number of hydrogen-bond acceptors (Lipinski definition) is 7. The Morgan fingerprint density at radius 1 is 1.19 bits per heavy atom. The summed E-state index contributed by atoms with van der Waals surface area (Å²) in [6.45, 7) is 0.150. The van der Waals surface area contributed by atoms with Crippen molar-refractivity contribution in [3.8, 4) is 11.6 Å². The highest BCUT2D eigenvalue weighted by Crippen LogP contribution is 2.44. The van der Waals surface area contributed by atoms with E-state index in [4.69, 9.17) is 18.9 Å². The van der Waals surface area contributed by atoms with Gasteiger partial charge in [-0.15, -0.1) is 0 Å². The number of carbonyl (C=O) groups is 1. The average Bonchev–Trinajstić information content (AvgIpc) is 3.29. The van der Waals surface area contributed by atoms with Crippen LogP contribution >= 0.6 is 0 Å². The SMILES string of the molecule is COc1nc(C(=O)N2CCC3(c4cccc(C(F)(F)F)n4)OCOC3C2)ccc1OCC1CC(F)(F)C1. The number of likely N-dealkylation sites (tertiary alicyclic amines) is 1. The lowest BCUT2D eigenvalue weighted by atomic mass is 9.82. The molecule has 8 nitrogen and oxygen atoms in total. The van der Waals surface area contributed by atoms with E-state index < -0.39 is 35.4 Å². The molecule has 2 unspecified atom stereocenters. The Morgan fingerprint density at radius 3 is 2.68 bits per heavy atom. The lowest BCUT2D eigenvalue weighted by Crippen LogP contribution is -2.54. The highest BCUT2D eigenvalue weighted by Gasteiger charge is 2.53. The number of rotatable bonds is 6. The molecule has 5 rings (SSSR count). The van der Waals surface area contributed by atoms with E-state index in [1.165, 1.54) is 36.3 Å². The molecule has 2 aromatic rings. The van der Waals surface area contributed by atoms with Crippen LogP contribution in [0.15, 0.2) is 30.3 Å². The molecule has 0 spiro atoms. The maximum absolute atomic E-state index is 13.2. The molecular weight excluding hydrogens is 505 g/mol. The molecule has 3 aliphatic rings. The quantitative estimate of drug-likeness (QED) is 0.523. The number of carbonyl (C=O) groups excluding carboxylic acids is 1. The van der Waals surface area contributed by atoms with Gasteiger partial charge in [-0.2, -0.15) is 13.2 Å². The van der Waals surface area contributed by atoms with Crippen LogP contribution in [0.1, 0.15) is 41.1 Å². The van der Waals surface area contributed by atoms with Crippen LogP contribution in [-0.2, 0) is 21.3 Å². The summed E-state index contributed by atoms with van der Waals surface area (Å²) in [6.07, 6.45) is -5.65. The van der Waals surface area contributed by atoms with Crippen molar-refractivity contribution < 1.29 is 45.7 Å². The molecule has 13 heteroatoms. The van der Waals surface area contributed by atoms with E-state index in [1.807, 2.05) is 0 Å². The van der Waals surface area contributed by atoms with Gasteiger partial charge in [0, 0.05) is 31.7 Å². The van der Waals surface area contributed by atoms with Crippen LogP contribution < -0.4 is 9.47 Å². The fraction of sp³-hybridized carbons (Fsp3) is 0.542. The molecule has 0 radical (unpaired) electrons. The van der Waals surface area contributed by atoms with Crippen molar-refractivity contribution in [2.75, 3.05) is 33.6 Å². The molecule has 1 saturated carbocycles. The number of pyridine rings is 2. The van der Waals surface area contributed by atoms with Gasteiger partial charge < -0.3 is 23.8 Å². The number of alkyl halides is 5. The highest BCUT2D eigenvalue weighted by atomic mass is 19.4. The third kappa shape index (κ3) is 4.93. The molecule has 0 N–H and O–H groups in total. The van der Waals surface area contributed by atoms with E-state index in [2.05, 4.69) is 9.97 Å². The Balaban J connectivity index is 1.28. The fourth-order valence-corrected chi connectivity index (χ4v) is 4.93. The second kappa shape index (κ2) is 9.35. The normalized spacial score (nSPS) is 25.4. The summed E-state index contributed by atoms with van der Waals surface area (Å²) in [7, 11) is 1.35. The number of ether oxygens (including phenoxy) is 4. The summed E-state index contributed by atoms with van der Waals surface area (Å²) in [4.78, 5) is 22.7. The number of aromatic nitrogens is 2. The Morgan fingerprint density at radius 2 is 1.97 bits per heavy atom. The molecule has 1 amide bonds. The van der Waals surface area contributed by atoms with Gasteiger partial charge in [-0.3, -0.25) is 4.79 Å². The molecule has 37 heavy (non-hydrogen) atoms. The van der Waals surface area contributed by atoms with E-state index in [1.54, 1.807) is 0 Å². The van der Waals surface area contributed by atoms with Crippen molar-refractivity contribution in [3.05, 3.63) is 47.4 Å². The minimum atomic E-state index is -4.61. The maximum Gasteiger partial charge on any atom is 0.433 e. The third-order valence-electron chi connectivity index (χ3n) is 6.89. The van der Waals surface area contributed by atoms with Crippen LogP contribution in [0.4, 0.5) is 22.0 Å². The minimum Gasteiger partial charge on any atom is -0.488 e. The fourth-order valence-electron chi connectivity index (χ4n) is 4.93. The second-order valence-corrected chi connectivity index (χ2v) is 9.36. The number of piperidine rings is 1. The van der Waals surface area contributed by atoms with Crippen molar-refractivity contribution in [2.45, 2.75) is 43.1 Å². The summed E-state index contributed by atoms with van der Waals surface area (Å²) in [5.74, 6) is -3.09. The first-order valence-electron chi connectivity index (χ1n) is 11.7. The molecule has 0 bridgehead atoms. The zero-order chi connectivity index (χ0) is 26.4. The summed E-state index contributed by atoms with van der Waals surface area (Å²) in [6, 6.07) is 6.55. The van der Waals surface area contributed by atoms with Gasteiger partial charge >= 0.3 is 6.18 Å². The average molecular weight is 529 g/mol. The number of amides is 1. The summed E-state index contributed by atoms with van der Waals surface area (Å²) >= 11 is 0. The van der Waals surface area contributed by atoms with E-state index in [-0.39, 0.29) is 74.7 Å². The van der Waals surface area contributed by atoms with Crippen LogP contribution in [0.3, 0.4) is 0 Å². The zero-order valence-electron chi connectivity index (χ0n) is 19.8. The van der Waals surface area contributed by atoms with Crippen LogP contribution in [0.2, 0.25) is 0 Å². The third-order valence-corrected chi connectivity index (χ3v) is 6.89.